The van der Waals surface area contributed by atoms with Gasteiger partial charge in [-0.3, -0.25) is 9.58 Å². The first-order chi connectivity index (χ1) is 11.4. The van der Waals surface area contributed by atoms with Crippen LogP contribution in [0.25, 0.3) is 0 Å². The molecule has 0 spiro atoms. The standard InChI is InChI=1S/C16H24N6O/c1-3-14(17-7-10-22-9-2-6-18-22)11-21(8-1)12-15-19-16(23-20-15)13-4-5-13/h2,6,9,13-14,17H,1,3-5,7-8,10-12H2/t14-/m1/s1. The number of nitrogens with zero attached hydrogens (tertiary/aromatic N) is 5. The number of nitrogens with one attached hydrogen (secondary N) is 1. The fourth-order valence-corrected chi connectivity index (χ4v) is 3.21. The number of rotatable bonds is 7. The summed E-state index contributed by atoms with van der Waals surface area (Å²) in [5, 5.41) is 12.0. The largest absolute Gasteiger partial charge is 0.339 e. The molecule has 0 amide bonds. The highest BCUT2D eigenvalue weighted by Gasteiger charge is 2.30. The molecule has 1 saturated heterocycles. The van der Waals surface area contributed by atoms with Gasteiger partial charge in [0.1, 0.15) is 0 Å². The monoisotopic (exact) mass is 316 g/mol. The molecule has 0 radical (unpaired) electrons. The van der Waals surface area contributed by atoms with Crippen molar-refractivity contribution >= 4 is 0 Å². The van der Waals surface area contributed by atoms with Crippen LogP contribution in [0, 0.1) is 0 Å². The molecule has 2 aromatic rings. The lowest BCUT2D eigenvalue weighted by Gasteiger charge is -2.32. The summed E-state index contributed by atoms with van der Waals surface area (Å²) >= 11 is 0. The summed E-state index contributed by atoms with van der Waals surface area (Å²) in [6.07, 6.45) is 8.68. The third-order valence-corrected chi connectivity index (χ3v) is 4.61. The zero-order valence-electron chi connectivity index (χ0n) is 13.4. The summed E-state index contributed by atoms with van der Waals surface area (Å²) in [6.45, 7) is 4.83. The summed E-state index contributed by atoms with van der Waals surface area (Å²) in [6, 6.07) is 2.50. The molecule has 2 fully saturated rings. The Kier molecular flexibility index (Phi) is 4.39. The maximum atomic E-state index is 5.35. The number of hydrogen-bond acceptors (Lipinski definition) is 6. The van der Waals surface area contributed by atoms with E-state index in [2.05, 4.69) is 25.5 Å². The molecule has 7 nitrogen and oxygen atoms in total. The van der Waals surface area contributed by atoms with Crippen LogP contribution in [-0.4, -0.2) is 50.5 Å². The number of hydrogen-bond donors (Lipinski definition) is 1. The molecule has 1 atom stereocenters. The summed E-state index contributed by atoms with van der Waals surface area (Å²) in [5.41, 5.74) is 0. The molecule has 7 heteroatoms. The van der Waals surface area contributed by atoms with Crippen molar-refractivity contribution in [2.24, 2.45) is 0 Å². The van der Waals surface area contributed by atoms with E-state index in [0.29, 0.717) is 12.0 Å². The molecule has 1 N–H and O–H groups in total. The van der Waals surface area contributed by atoms with Gasteiger partial charge in [0.2, 0.25) is 5.89 Å². The Hall–Kier alpha value is -1.73. The minimum absolute atomic E-state index is 0.536. The van der Waals surface area contributed by atoms with Gasteiger partial charge in [-0.2, -0.15) is 10.1 Å². The maximum Gasteiger partial charge on any atom is 0.229 e. The Bertz CT molecular complexity index is 606. The second-order valence-corrected chi connectivity index (χ2v) is 6.62. The lowest BCUT2D eigenvalue weighted by atomic mass is 10.1. The van der Waals surface area contributed by atoms with Gasteiger partial charge in [-0.25, -0.2) is 0 Å². The first kappa shape index (κ1) is 14.8. The molecule has 0 unspecified atom stereocenters. The first-order valence-corrected chi connectivity index (χ1v) is 8.62. The van der Waals surface area contributed by atoms with E-state index in [4.69, 9.17) is 4.52 Å². The molecular formula is C16H24N6O. The molecule has 1 saturated carbocycles. The van der Waals surface area contributed by atoms with Crippen LogP contribution in [0.2, 0.25) is 0 Å². The van der Waals surface area contributed by atoms with Crippen LogP contribution < -0.4 is 5.32 Å². The van der Waals surface area contributed by atoms with E-state index in [-0.39, 0.29) is 0 Å². The average Bonchev–Trinajstić information content (AvgIpc) is 3.08. The second-order valence-electron chi connectivity index (χ2n) is 6.62. The smallest absolute Gasteiger partial charge is 0.229 e. The Labute approximate surface area is 136 Å². The van der Waals surface area contributed by atoms with Gasteiger partial charge in [0.05, 0.1) is 13.1 Å². The van der Waals surface area contributed by atoms with Gasteiger partial charge >= 0.3 is 0 Å². The molecule has 2 aliphatic rings. The normalized spacial score (nSPS) is 22.5. The minimum Gasteiger partial charge on any atom is -0.339 e. The molecular weight excluding hydrogens is 292 g/mol. The van der Waals surface area contributed by atoms with Crippen molar-refractivity contribution in [3.8, 4) is 0 Å². The lowest BCUT2D eigenvalue weighted by Crippen LogP contribution is -2.46. The van der Waals surface area contributed by atoms with Gasteiger partial charge in [0, 0.05) is 37.4 Å². The van der Waals surface area contributed by atoms with Gasteiger partial charge in [0.15, 0.2) is 5.82 Å². The highest BCUT2D eigenvalue weighted by molar-refractivity contribution is 5.01. The number of likely N-dealkylation sites (tertiary alicyclic amines) is 1. The second kappa shape index (κ2) is 6.80. The third-order valence-electron chi connectivity index (χ3n) is 4.61. The summed E-state index contributed by atoms with van der Waals surface area (Å²) in [7, 11) is 0. The summed E-state index contributed by atoms with van der Waals surface area (Å²) < 4.78 is 7.31. The van der Waals surface area contributed by atoms with Gasteiger partial charge in [-0.15, -0.1) is 0 Å². The van der Waals surface area contributed by atoms with Crippen molar-refractivity contribution in [3.63, 3.8) is 0 Å². The molecule has 1 aliphatic heterocycles. The van der Waals surface area contributed by atoms with Crippen molar-refractivity contribution < 1.29 is 4.52 Å². The molecule has 4 rings (SSSR count). The molecule has 124 valence electrons. The van der Waals surface area contributed by atoms with E-state index in [0.717, 1.165) is 44.4 Å². The van der Waals surface area contributed by atoms with E-state index >= 15 is 0 Å². The molecule has 3 heterocycles. The van der Waals surface area contributed by atoms with Crippen LogP contribution in [0.3, 0.4) is 0 Å². The SMILES string of the molecule is c1cnn(CCN[C@@H]2CCCN(Cc3noc(C4CC4)n3)C2)c1. The van der Waals surface area contributed by atoms with Crippen LogP contribution in [0.4, 0.5) is 0 Å². The van der Waals surface area contributed by atoms with E-state index in [9.17, 15) is 0 Å². The van der Waals surface area contributed by atoms with Gasteiger partial charge in [0.25, 0.3) is 0 Å². The van der Waals surface area contributed by atoms with Crippen molar-refractivity contribution in [2.75, 3.05) is 19.6 Å². The Balaban J connectivity index is 1.23. The Morgan fingerprint density at radius 2 is 2.26 bits per heavy atom. The predicted octanol–water partition coefficient (Wildman–Crippen LogP) is 1.40. The third kappa shape index (κ3) is 3.97. The summed E-state index contributed by atoms with van der Waals surface area (Å²) in [5.74, 6) is 2.21. The van der Waals surface area contributed by atoms with E-state index in [1.54, 1.807) is 0 Å². The predicted molar refractivity (Wildman–Crippen MR) is 84.8 cm³/mol. The van der Waals surface area contributed by atoms with Crippen LogP contribution in [0.15, 0.2) is 23.0 Å². The highest BCUT2D eigenvalue weighted by atomic mass is 16.5. The van der Waals surface area contributed by atoms with Crippen molar-refractivity contribution in [1.29, 1.82) is 0 Å². The Morgan fingerprint density at radius 1 is 1.30 bits per heavy atom. The molecule has 0 bridgehead atoms. The minimum atomic E-state index is 0.536. The van der Waals surface area contributed by atoms with Crippen molar-refractivity contribution in [3.05, 3.63) is 30.2 Å². The van der Waals surface area contributed by atoms with E-state index in [1.807, 2.05) is 23.1 Å². The fourth-order valence-electron chi connectivity index (χ4n) is 3.21. The maximum absolute atomic E-state index is 5.35. The van der Waals surface area contributed by atoms with Gasteiger partial charge < -0.3 is 9.84 Å². The quantitative estimate of drug-likeness (QED) is 0.832. The summed E-state index contributed by atoms with van der Waals surface area (Å²) in [4.78, 5) is 6.96. The first-order valence-electron chi connectivity index (χ1n) is 8.62. The van der Waals surface area contributed by atoms with Crippen molar-refractivity contribution in [2.45, 2.75) is 50.7 Å². The van der Waals surface area contributed by atoms with Crippen LogP contribution in [-0.2, 0) is 13.1 Å². The lowest BCUT2D eigenvalue weighted by molar-refractivity contribution is 0.177. The number of piperidine rings is 1. The van der Waals surface area contributed by atoms with Gasteiger partial charge in [-0.05, 0) is 38.3 Å². The number of aromatic nitrogens is 4. The molecule has 1 aliphatic carbocycles. The molecule has 2 aromatic heterocycles. The fraction of sp³-hybridized carbons (Fsp3) is 0.688. The van der Waals surface area contributed by atoms with Crippen LogP contribution >= 0.6 is 0 Å². The van der Waals surface area contributed by atoms with Crippen LogP contribution in [0.1, 0.15) is 43.3 Å². The zero-order chi connectivity index (χ0) is 15.5. The molecule has 0 aromatic carbocycles. The highest BCUT2D eigenvalue weighted by Crippen LogP contribution is 2.38. The van der Waals surface area contributed by atoms with E-state index in [1.165, 1.54) is 25.7 Å². The molecule has 23 heavy (non-hydrogen) atoms. The zero-order valence-corrected chi connectivity index (χ0v) is 13.4. The van der Waals surface area contributed by atoms with Gasteiger partial charge in [-0.1, -0.05) is 5.16 Å². The topological polar surface area (TPSA) is 72.0 Å². The Morgan fingerprint density at radius 3 is 3.09 bits per heavy atom. The van der Waals surface area contributed by atoms with Crippen molar-refractivity contribution in [1.82, 2.24) is 30.1 Å². The van der Waals surface area contributed by atoms with E-state index < -0.39 is 0 Å². The average molecular weight is 316 g/mol. The van der Waals surface area contributed by atoms with Crippen LogP contribution in [0.5, 0.6) is 0 Å².